The van der Waals surface area contributed by atoms with Crippen LogP contribution in [0.2, 0.25) is 0 Å². The van der Waals surface area contributed by atoms with Gasteiger partial charge in [0.05, 0.1) is 39.1 Å². The Morgan fingerprint density at radius 2 is 1.13 bits per heavy atom. The van der Waals surface area contributed by atoms with E-state index >= 15 is 0 Å². The summed E-state index contributed by atoms with van der Waals surface area (Å²) in [5.74, 6) is -1.32. The van der Waals surface area contributed by atoms with E-state index in [9.17, 15) is 51.1 Å². The molecule has 2 aromatic carbocycles. The molecule has 0 bridgehead atoms. The fourth-order valence-electron chi connectivity index (χ4n) is 5.16. The topological polar surface area (TPSA) is 269 Å². The van der Waals surface area contributed by atoms with Crippen LogP contribution in [0.1, 0.15) is 0 Å². The van der Waals surface area contributed by atoms with Crippen molar-refractivity contribution < 1.29 is 96.3 Å². The Kier molecular flexibility index (Phi) is 11.4. The van der Waals surface area contributed by atoms with Crippen LogP contribution in [0.15, 0.2) is 34.7 Å². The lowest BCUT2D eigenvalue weighted by Gasteiger charge is -2.39. The quantitative estimate of drug-likeness (QED) is 0.0944. The molecule has 0 radical (unpaired) electrons. The van der Waals surface area contributed by atoms with Crippen molar-refractivity contribution in [2.75, 3.05) is 27.4 Å². The Balaban J connectivity index is 0.00000500. The zero-order valence-electron chi connectivity index (χ0n) is 24.8. The van der Waals surface area contributed by atoms with E-state index in [1.54, 1.807) is 0 Å². The molecule has 10 N–H and O–H groups in total. The molecule has 10 atom stereocenters. The zero-order chi connectivity index (χ0) is 33.4. The van der Waals surface area contributed by atoms with Crippen molar-refractivity contribution in [1.29, 1.82) is 0 Å². The number of aliphatic hydroxyl groups is 8. The molecule has 2 saturated heterocycles. The van der Waals surface area contributed by atoms with Gasteiger partial charge in [-0.15, -0.1) is 0 Å². The Morgan fingerprint density at radius 1 is 0.638 bits per heavy atom. The maximum Gasteiger partial charge on any atom is 0.402 e. The van der Waals surface area contributed by atoms with Crippen molar-refractivity contribution >= 4 is 11.0 Å². The van der Waals surface area contributed by atoms with Crippen LogP contribution in [-0.4, -0.2) is 140 Å². The first-order valence-corrected chi connectivity index (χ1v) is 14.0. The van der Waals surface area contributed by atoms with E-state index in [4.69, 9.17) is 32.8 Å². The predicted molar refractivity (Wildman–Crippen MR) is 151 cm³/mol. The third-order valence-electron chi connectivity index (χ3n) is 7.73. The van der Waals surface area contributed by atoms with Crippen LogP contribution in [0.5, 0.6) is 34.5 Å². The van der Waals surface area contributed by atoms with E-state index in [2.05, 4.69) is 0 Å². The number of phenols is 2. The molecule has 5 rings (SSSR count). The summed E-state index contributed by atoms with van der Waals surface area (Å²) in [7, 11) is 2.59. The maximum absolute atomic E-state index is 10.7. The van der Waals surface area contributed by atoms with Crippen molar-refractivity contribution in [3.63, 3.8) is 0 Å². The van der Waals surface area contributed by atoms with Gasteiger partial charge in [0.1, 0.15) is 65.7 Å². The van der Waals surface area contributed by atoms with E-state index in [0.717, 1.165) is 6.07 Å². The number of rotatable bonds is 9. The molecule has 1 aromatic heterocycles. The molecule has 2 fully saturated rings. The first-order valence-electron chi connectivity index (χ1n) is 14.0. The largest absolute Gasteiger partial charge is 1.00 e. The van der Waals surface area contributed by atoms with E-state index in [0.29, 0.717) is 0 Å². The van der Waals surface area contributed by atoms with Gasteiger partial charge in [-0.3, -0.25) is 0 Å². The van der Waals surface area contributed by atoms with Crippen molar-refractivity contribution in [2.45, 2.75) is 61.4 Å². The fourth-order valence-corrected chi connectivity index (χ4v) is 5.16. The number of ether oxygens (including phenoxy) is 6. The third kappa shape index (κ3) is 6.92. The Hall–Kier alpha value is -3.46. The minimum atomic E-state index is -1.82. The standard InChI is InChI=1S/C29H34O17.ClH/c1-40-15-3-10(4-16(41-2)20(15)33)27-17(44-29-26(39)24(37)22(35)19(9-31)46-29)7-12-13(42-27)5-11(32)6-14(12)43-28-25(38)23(36)21(34)18(8-30)45-28;/h3-7,18-19,21-26,28-31,34-39H,8-9H2,1-2H3,(H-,32,33);1H/t18-,19-,21-,22-,23-,24+,25-,26-,28-,29-;/m1./s1. The molecule has 2 aliphatic rings. The van der Waals surface area contributed by atoms with E-state index in [1.807, 2.05) is 0 Å². The van der Waals surface area contributed by atoms with Gasteiger partial charge in [0, 0.05) is 24.3 Å². The second-order valence-corrected chi connectivity index (χ2v) is 10.7. The van der Waals surface area contributed by atoms with Gasteiger partial charge in [-0.05, 0) is 0 Å². The summed E-state index contributed by atoms with van der Waals surface area (Å²) in [5, 5.41) is 102. The molecule has 0 aliphatic carbocycles. The number of phenolic OH excluding ortho intramolecular Hbond substituents is 2. The highest BCUT2D eigenvalue weighted by atomic mass is 35.5. The number of halogens is 1. The van der Waals surface area contributed by atoms with E-state index in [-0.39, 0.29) is 69.2 Å². The SMILES string of the molecule is COc1cc(-c2[o+]c3cc(O)cc(O[C@@H]4O[C@H](CO)[C@@H](O)[C@@H](O)[C@H]4O)c3cc2O[C@@H]2O[C@H](CO)[C@@H](O)[C@H](O)[C@H]2O)cc(OC)c1O.[Cl-]. The molecule has 0 spiro atoms. The van der Waals surface area contributed by atoms with Gasteiger partial charge in [-0.1, -0.05) is 0 Å². The van der Waals surface area contributed by atoms with Gasteiger partial charge < -0.3 is 91.9 Å². The number of hydrogen-bond acceptors (Lipinski definition) is 16. The van der Waals surface area contributed by atoms with Gasteiger partial charge in [-0.25, -0.2) is 4.42 Å². The lowest BCUT2D eigenvalue weighted by molar-refractivity contribution is -0.277. The summed E-state index contributed by atoms with van der Waals surface area (Å²) >= 11 is 0. The van der Waals surface area contributed by atoms with Crippen molar-refractivity contribution in [2.24, 2.45) is 0 Å². The zero-order valence-corrected chi connectivity index (χ0v) is 25.5. The minimum Gasteiger partial charge on any atom is -1.00 e. The minimum absolute atomic E-state index is 0. The van der Waals surface area contributed by atoms with Crippen LogP contribution in [0.3, 0.4) is 0 Å². The van der Waals surface area contributed by atoms with Crippen molar-refractivity contribution in [1.82, 2.24) is 0 Å². The summed E-state index contributed by atoms with van der Waals surface area (Å²) in [5.41, 5.74) is 0.120. The number of aromatic hydroxyl groups is 2. The van der Waals surface area contributed by atoms with E-state index in [1.165, 1.54) is 38.5 Å². The molecule has 47 heavy (non-hydrogen) atoms. The summed E-state index contributed by atoms with van der Waals surface area (Å²) in [6, 6.07) is 6.34. The monoisotopic (exact) mass is 690 g/mol. The molecule has 260 valence electrons. The van der Waals surface area contributed by atoms with Crippen molar-refractivity contribution in [3.8, 4) is 45.8 Å². The van der Waals surface area contributed by atoms with Gasteiger partial charge in [-0.2, -0.15) is 0 Å². The molecule has 2 aliphatic heterocycles. The molecular weight excluding hydrogens is 656 g/mol. The second-order valence-electron chi connectivity index (χ2n) is 10.7. The van der Waals surface area contributed by atoms with Crippen LogP contribution in [-0.2, 0) is 9.47 Å². The molecule has 0 saturated carbocycles. The molecule has 3 aromatic rings. The number of fused-ring (bicyclic) bond motifs is 1. The Bertz CT molecular complexity index is 1510. The number of benzene rings is 2. The van der Waals surface area contributed by atoms with Crippen LogP contribution < -0.4 is 31.4 Å². The smallest absolute Gasteiger partial charge is 0.402 e. The molecule has 3 heterocycles. The molecule has 17 nitrogen and oxygen atoms in total. The van der Waals surface area contributed by atoms with Crippen molar-refractivity contribution in [3.05, 3.63) is 30.3 Å². The second kappa shape index (κ2) is 14.8. The highest BCUT2D eigenvalue weighted by molar-refractivity contribution is 5.89. The highest BCUT2D eigenvalue weighted by Gasteiger charge is 2.47. The number of methoxy groups -OCH3 is 2. The average molecular weight is 691 g/mol. The van der Waals surface area contributed by atoms with E-state index < -0.39 is 74.6 Å². The average Bonchev–Trinajstić information content (AvgIpc) is 3.05. The molecule has 0 amide bonds. The molecule has 18 heteroatoms. The Morgan fingerprint density at radius 3 is 1.60 bits per heavy atom. The van der Waals surface area contributed by atoms with Crippen LogP contribution in [0.25, 0.3) is 22.3 Å². The summed E-state index contributed by atoms with van der Waals surface area (Å²) in [4.78, 5) is 0. The Labute approximate surface area is 272 Å². The van der Waals surface area contributed by atoms with Crippen LogP contribution >= 0.6 is 0 Å². The number of hydrogen-bond donors (Lipinski definition) is 10. The van der Waals surface area contributed by atoms with Gasteiger partial charge in [0.2, 0.25) is 24.1 Å². The maximum atomic E-state index is 10.7. The lowest BCUT2D eigenvalue weighted by atomic mass is 9.99. The third-order valence-corrected chi connectivity index (χ3v) is 7.73. The first kappa shape index (κ1) is 36.4. The van der Waals surface area contributed by atoms with Gasteiger partial charge in [0.25, 0.3) is 0 Å². The molecule has 0 unspecified atom stereocenters. The normalized spacial score (nSPS) is 30.8. The predicted octanol–water partition coefficient (Wildman–Crippen LogP) is -4.83. The summed E-state index contributed by atoms with van der Waals surface area (Å²) < 4.78 is 39.3. The number of aliphatic hydroxyl groups excluding tert-OH is 8. The molecular formula is C29H35ClO17. The summed E-state index contributed by atoms with van der Waals surface area (Å²) in [6.45, 7) is -1.45. The summed E-state index contributed by atoms with van der Waals surface area (Å²) in [6.07, 6.45) is -16.5. The first-order chi connectivity index (χ1) is 21.9. The van der Waals surface area contributed by atoms with Gasteiger partial charge >= 0.3 is 11.3 Å². The fraction of sp³-hybridized carbons (Fsp3) is 0.483. The van der Waals surface area contributed by atoms with Crippen LogP contribution in [0.4, 0.5) is 0 Å². The highest BCUT2D eigenvalue weighted by Crippen LogP contribution is 2.46. The lowest BCUT2D eigenvalue weighted by Crippen LogP contribution is -3.00. The van der Waals surface area contributed by atoms with Crippen LogP contribution in [0, 0.1) is 0 Å². The van der Waals surface area contributed by atoms with Gasteiger partial charge in [0.15, 0.2) is 11.5 Å².